The van der Waals surface area contributed by atoms with Crippen molar-refractivity contribution >= 4 is 57.5 Å². The third-order valence-electron chi connectivity index (χ3n) is 4.29. The zero-order valence-corrected chi connectivity index (χ0v) is 18.0. The van der Waals surface area contributed by atoms with E-state index in [-0.39, 0.29) is 22.4 Å². The van der Waals surface area contributed by atoms with E-state index in [1.165, 1.54) is 12.1 Å². The summed E-state index contributed by atoms with van der Waals surface area (Å²) in [5.41, 5.74) is 3.71. The normalized spacial score (nSPS) is 10.9. The number of ether oxygens (including phenoxy) is 1. The summed E-state index contributed by atoms with van der Waals surface area (Å²) >= 11 is 18.1. The molecule has 0 bridgehead atoms. The van der Waals surface area contributed by atoms with E-state index in [9.17, 15) is 4.79 Å². The van der Waals surface area contributed by atoms with Crippen LogP contribution < -0.4 is 10.1 Å². The molecule has 1 heterocycles. The quantitative estimate of drug-likeness (QED) is 0.356. The molecule has 1 amide bonds. The number of carbonyl (C=O) groups excluding carboxylic acids is 1. The molecule has 0 aliphatic rings. The molecule has 30 heavy (non-hydrogen) atoms. The monoisotopic (exact) mass is 460 g/mol. The average molecular weight is 462 g/mol. The largest absolute Gasteiger partial charge is 0.481 e. The molecule has 1 N–H and O–H groups in total. The van der Waals surface area contributed by atoms with Gasteiger partial charge in [-0.25, -0.2) is 4.98 Å². The molecule has 5 nitrogen and oxygen atoms in total. The number of rotatable bonds is 5. The highest BCUT2D eigenvalue weighted by Gasteiger charge is 2.16. The van der Waals surface area contributed by atoms with E-state index < -0.39 is 5.91 Å². The van der Waals surface area contributed by atoms with Crippen LogP contribution in [0.3, 0.4) is 0 Å². The predicted octanol–water partition coefficient (Wildman–Crippen LogP) is 6.78. The van der Waals surface area contributed by atoms with Crippen LogP contribution in [0.1, 0.15) is 5.56 Å². The van der Waals surface area contributed by atoms with Crippen molar-refractivity contribution < 1.29 is 13.9 Å². The second-order valence-electron chi connectivity index (χ2n) is 6.57. The van der Waals surface area contributed by atoms with Gasteiger partial charge in [0.05, 0.1) is 21.3 Å². The molecule has 0 saturated heterocycles. The third-order valence-corrected chi connectivity index (χ3v) is 5.07. The fourth-order valence-corrected chi connectivity index (χ4v) is 3.85. The lowest BCUT2D eigenvalue weighted by Gasteiger charge is -2.12. The summed E-state index contributed by atoms with van der Waals surface area (Å²) in [6, 6.07) is 16.0. The van der Waals surface area contributed by atoms with E-state index in [1.807, 2.05) is 37.3 Å². The summed E-state index contributed by atoms with van der Waals surface area (Å²) < 4.78 is 11.4. The van der Waals surface area contributed by atoms with E-state index in [0.29, 0.717) is 27.7 Å². The predicted molar refractivity (Wildman–Crippen MR) is 120 cm³/mol. The number of carbonyl (C=O) groups is 1. The molecule has 0 aliphatic carbocycles. The Hall–Kier alpha value is -2.73. The first kappa shape index (κ1) is 20.5. The highest BCUT2D eigenvalue weighted by molar-refractivity contribution is 6.40. The second-order valence-corrected chi connectivity index (χ2v) is 7.82. The molecule has 4 aromatic rings. The van der Waals surface area contributed by atoms with Gasteiger partial charge in [-0.3, -0.25) is 4.79 Å². The number of nitrogens with one attached hydrogen (secondary N) is 1. The number of hydrogen-bond donors (Lipinski definition) is 1. The van der Waals surface area contributed by atoms with Crippen molar-refractivity contribution in [1.29, 1.82) is 0 Å². The van der Waals surface area contributed by atoms with E-state index in [4.69, 9.17) is 44.0 Å². The van der Waals surface area contributed by atoms with Gasteiger partial charge in [0, 0.05) is 5.02 Å². The van der Waals surface area contributed by atoms with Crippen LogP contribution in [-0.2, 0) is 4.79 Å². The van der Waals surface area contributed by atoms with Crippen LogP contribution in [0.4, 0.5) is 5.69 Å². The van der Waals surface area contributed by atoms with Crippen molar-refractivity contribution in [3.8, 4) is 17.2 Å². The van der Waals surface area contributed by atoms with E-state index in [1.54, 1.807) is 12.1 Å². The number of anilines is 1. The number of fused-ring (bicyclic) bond motifs is 1. The maximum Gasteiger partial charge on any atom is 0.262 e. The van der Waals surface area contributed by atoms with E-state index in [0.717, 1.165) is 11.1 Å². The highest BCUT2D eigenvalue weighted by Crippen LogP contribution is 2.36. The van der Waals surface area contributed by atoms with Crippen molar-refractivity contribution in [2.45, 2.75) is 6.92 Å². The Bertz CT molecular complexity index is 1230. The molecule has 8 heteroatoms. The Morgan fingerprint density at radius 2 is 1.80 bits per heavy atom. The molecule has 152 valence electrons. The Kier molecular flexibility index (Phi) is 5.86. The van der Waals surface area contributed by atoms with Crippen molar-refractivity contribution in [2.24, 2.45) is 0 Å². The molecule has 0 atom stereocenters. The van der Waals surface area contributed by atoms with Gasteiger partial charge in [-0.1, -0.05) is 53.0 Å². The number of aryl methyl sites for hydroxylation is 1. The van der Waals surface area contributed by atoms with Gasteiger partial charge in [0.25, 0.3) is 5.91 Å². The minimum atomic E-state index is -0.392. The number of oxazole rings is 1. The molecule has 4 rings (SSSR count). The zero-order valence-electron chi connectivity index (χ0n) is 15.7. The van der Waals surface area contributed by atoms with Crippen LogP contribution in [0.15, 0.2) is 59.0 Å². The maximum absolute atomic E-state index is 12.5. The molecular formula is C22H15Cl3N2O3. The first-order valence-electron chi connectivity index (χ1n) is 8.94. The summed E-state index contributed by atoms with van der Waals surface area (Å²) in [5, 5.41) is 3.64. The number of nitrogens with zero attached hydrogens (tertiary/aromatic N) is 1. The Balaban J connectivity index is 1.53. The average Bonchev–Trinajstić information content (AvgIpc) is 3.10. The van der Waals surface area contributed by atoms with Gasteiger partial charge in [-0.15, -0.1) is 0 Å². The lowest BCUT2D eigenvalue weighted by atomic mass is 10.1. The van der Waals surface area contributed by atoms with E-state index in [2.05, 4.69) is 10.3 Å². The van der Waals surface area contributed by atoms with Gasteiger partial charge in [0.2, 0.25) is 5.89 Å². The molecule has 0 aliphatic heterocycles. The van der Waals surface area contributed by atoms with Crippen LogP contribution in [0, 0.1) is 6.92 Å². The first-order valence-corrected chi connectivity index (χ1v) is 10.1. The van der Waals surface area contributed by atoms with Crippen molar-refractivity contribution in [3.63, 3.8) is 0 Å². The molecule has 1 aromatic heterocycles. The van der Waals surface area contributed by atoms with Gasteiger partial charge in [-0.05, 0) is 48.9 Å². The minimum absolute atomic E-state index is 0.195. The highest BCUT2D eigenvalue weighted by atomic mass is 35.5. The van der Waals surface area contributed by atoms with Crippen LogP contribution in [0.5, 0.6) is 5.75 Å². The number of halogens is 3. The van der Waals surface area contributed by atoms with Crippen molar-refractivity contribution in [2.75, 3.05) is 11.9 Å². The van der Waals surface area contributed by atoms with Gasteiger partial charge < -0.3 is 14.5 Å². The molecule has 0 saturated carbocycles. The van der Waals surface area contributed by atoms with Crippen molar-refractivity contribution in [3.05, 3.63) is 75.2 Å². The summed E-state index contributed by atoms with van der Waals surface area (Å²) in [6.07, 6.45) is 0. The van der Waals surface area contributed by atoms with Crippen LogP contribution >= 0.6 is 34.8 Å². The standard InChI is InChI=1S/C22H15Cl3N2O3/c1-12-6-7-19-18(8-12)27-22(30-19)14-4-2-3-5-17(14)26-20(28)11-29-21-15(24)9-13(23)10-16(21)25/h2-10H,11H2,1H3,(H,26,28). The Labute approximate surface area is 187 Å². The van der Waals surface area contributed by atoms with Crippen LogP contribution in [-0.4, -0.2) is 17.5 Å². The summed E-state index contributed by atoms with van der Waals surface area (Å²) in [6.45, 7) is 1.70. The maximum atomic E-state index is 12.5. The number of para-hydroxylation sites is 1. The molecule has 0 fully saturated rings. The fraction of sp³-hybridized carbons (Fsp3) is 0.0909. The van der Waals surface area contributed by atoms with Gasteiger partial charge in [0.1, 0.15) is 5.52 Å². The van der Waals surface area contributed by atoms with Gasteiger partial charge in [0.15, 0.2) is 17.9 Å². The smallest absolute Gasteiger partial charge is 0.262 e. The SMILES string of the molecule is Cc1ccc2oc(-c3ccccc3NC(=O)COc3c(Cl)cc(Cl)cc3Cl)nc2c1. The second kappa shape index (κ2) is 8.56. The van der Waals surface area contributed by atoms with Crippen LogP contribution in [0.25, 0.3) is 22.6 Å². The summed E-state index contributed by atoms with van der Waals surface area (Å²) in [7, 11) is 0. The lowest BCUT2D eigenvalue weighted by molar-refractivity contribution is -0.118. The van der Waals surface area contributed by atoms with E-state index >= 15 is 0 Å². The van der Waals surface area contributed by atoms with Crippen molar-refractivity contribution in [1.82, 2.24) is 4.98 Å². The molecule has 0 unspecified atom stereocenters. The number of hydrogen-bond acceptors (Lipinski definition) is 4. The molecular weight excluding hydrogens is 447 g/mol. The molecule has 0 radical (unpaired) electrons. The number of aromatic nitrogens is 1. The number of benzene rings is 3. The van der Waals surface area contributed by atoms with Gasteiger partial charge >= 0.3 is 0 Å². The Morgan fingerprint density at radius 3 is 2.57 bits per heavy atom. The lowest BCUT2D eigenvalue weighted by Crippen LogP contribution is -2.20. The number of amides is 1. The van der Waals surface area contributed by atoms with Gasteiger partial charge in [-0.2, -0.15) is 0 Å². The molecule has 3 aromatic carbocycles. The van der Waals surface area contributed by atoms with Crippen LogP contribution in [0.2, 0.25) is 15.1 Å². The fourth-order valence-electron chi connectivity index (χ4n) is 2.92. The molecule has 0 spiro atoms. The first-order chi connectivity index (χ1) is 14.4. The summed E-state index contributed by atoms with van der Waals surface area (Å²) in [4.78, 5) is 17.0. The third kappa shape index (κ3) is 4.38. The topological polar surface area (TPSA) is 64.4 Å². The Morgan fingerprint density at radius 1 is 1.07 bits per heavy atom. The zero-order chi connectivity index (χ0) is 21.3. The minimum Gasteiger partial charge on any atom is -0.481 e. The summed E-state index contributed by atoms with van der Waals surface area (Å²) in [5.74, 6) is 0.216.